The maximum atomic E-state index is 13.2. The lowest BCUT2D eigenvalue weighted by Crippen LogP contribution is -2.38. The van der Waals surface area contributed by atoms with Crippen LogP contribution >= 0.6 is 11.6 Å². The molecule has 2 aromatic heterocycles. The SMILES string of the molecule is O=C(NCc1cn(-c2ccc(C(F)(F)F)nc2)nc1Cl)[C@@H]1CCC[C@@H]1S(=O)(=O)c1ccc(F)cc1. The molecule has 2 heterocycles. The molecule has 1 aliphatic carbocycles. The summed E-state index contributed by atoms with van der Waals surface area (Å²) in [7, 11) is -3.84. The summed E-state index contributed by atoms with van der Waals surface area (Å²) in [6.07, 6.45) is -0.911. The van der Waals surface area contributed by atoms with Crippen LogP contribution in [0.15, 0.2) is 53.7 Å². The van der Waals surface area contributed by atoms with E-state index in [-0.39, 0.29) is 22.3 Å². The van der Waals surface area contributed by atoms with E-state index in [9.17, 15) is 30.8 Å². The molecular formula is C22H19ClF4N4O3S. The van der Waals surface area contributed by atoms with E-state index in [2.05, 4.69) is 15.4 Å². The number of aromatic nitrogens is 3. The highest BCUT2D eigenvalue weighted by Crippen LogP contribution is 2.35. The van der Waals surface area contributed by atoms with Gasteiger partial charge in [0.1, 0.15) is 11.5 Å². The van der Waals surface area contributed by atoms with Crippen molar-refractivity contribution in [3.05, 3.63) is 71.0 Å². The molecule has 7 nitrogen and oxygen atoms in total. The van der Waals surface area contributed by atoms with Crippen molar-refractivity contribution in [2.75, 3.05) is 0 Å². The number of sulfone groups is 1. The molecule has 35 heavy (non-hydrogen) atoms. The molecule has 0 bridgehead atoms. The summed E-state index contributed by atoms with van der Waals surface area (Å²) in [4.78, 5) is 16.2. The van der Waals surface area contributed by atoms with Crippen LogP contribution in [0.3, 0.4) is 0 Å². The van der Waals surface area contributed by atoms with Crippen molar-refractivity contribution in [1.29, 1.82) is 0 Å². The summed E-state index contributed by atoms with van der Waals surface area (Å²) in [5.41, 5.74) is -0.428. The van der Waals surface area contributed by atoms with Crippen LogP contribution in [0.25, 0.3) is 5.69 Å². The summed E-state index contributed by atoms with van der Waals surface area (Å²) in [5, 5.41) is 5.78. The molecule has 0 saturated heterocycles. The van der Waals surface area contributed by atoms with Crippen LogP contribution in [0, 0.1) is 11.7 Å². The highest BCUT2D eigenvalue weighted by Gasteiger charge is 2.42. The molecular weight excluding hydrogens is 512 g/mol. The van der Waals surface area contributed by atoms with Gasteiger partial charge in [-0.3, -0.25) is 4.79 Å². The van der Waals surface area contributed by atoms with E-state index in [1.807, 2.05) is 0 Å². The predicted molar refractivity (Wildman–Crippen MR) is 118 cm³/mol. The zero-order valence-corrected chi connectivity index (χ0v) is 19.5. The molecule has 0 unspecified atom stereocenters. The lowest BCUT2D eigenvalue weighted by Gasteiger charge is -2.19. The van der Waals surface area contributed by atoms with Crippen molar-refractivity contribution in [2.24, 2.45) is 5.92 Å². The van der Waals surface area contributed by atoms with Gasteiger partial charge in [-0.1, -0.05) is 18.0 Å². The van der Waals surface area contributed by atoms with Crippen molar-refractivity contribution in [2.45, 2.75) is 42.1 Å². The van der Waals surface area contributed by atoms with Crippen LogP contribution in [0.2, 0.25) is 5.15 Å². The molecule has 2 atom stereocenters. The number of carbonyl (C=O) groups excluding carboxylic acids is 1. The number of pyridine rings is 1. The fourth-order valence-corrected chi connectivity index (χ4v) is 6.27. The number of halogens is 5. The normalized spacial score (nSPS) is 18.5. The van der Waals surface area contributed by atoms with Gasteiger partial charge in [-0.05, 0) is 49.2 Å². The third-order valence-corrected chi connectivity index (χ3v) is 8.43. The van der Waals surface area contributed by atoms with Gasteiger partial charge in [0.2, 0.25) is 5.91 Å². The Kier molecular flexibility index (Phi) is 6.87. The molecule has 4 rings (SSSR count). The van der Waals surface area contributed by atoms with E-state index in [1.165, 1.54) is 29.1 Å². The number of rotatable bonds is 6. The van der Waals surface area contributed by atoms with Crippen molar-refractivity contribution in [1.82, 2.24) is 20.1 Å². The van der Waals surface area contributed by atoms with Gasteiger partial charge in [0.25, 0.3) is 0 Å². The molecule has 1 aliphatic rings. The molecule has 1 fully saturated rings. The van der Waals surface area contributed by atoms with Gasteiger partial charge in [0, 0.05) is 18.3 Å². The fourth-order valence-electron chi connectivity index (χ4n) is 4.04. The molecule has 0 aliphatic heterocycles. The molecule has 186 valence electrons. The van der Waals surface area contributed by atoms with Gasteiger partial charge >= 0.3 is 6.18 Å². The van der Waals surface area contributed by atoms with Gasteiger partial charge in [-0.15, -0.1) is 0 Å². The second kappa shape index (κ2) is 9.57. The van der Waals surface area contributed by atoms with Crippen LogP contribution < -0.4 is 5.32 Å². The van der Waals surface area contributed by atoms with E-state index < -0.39 is 44.6 Å². The Morgan fingerprint density at radius 1 is 1.14 bits per heavy atom. The topological polar surface area (TPSA) is 93.9 Å². The van der Waals surface area contributed by atoms with Crippen LogP contribution in [0.4, 0.5) is 17.6 Å². The quantitative estimate of drug-likeness (QED) is 0.378. The number of hydrogen-bond acceptors (Lipinski definition) is 5. The zero-order valence-electron chi connectivity index (χ0n) is 18.0. The first-order valence-electron chi connectivity index (χ1n) is 10.5. The molecule has 13 heteroatoms. The van der Waals surface area contributed by atoms with E-state index in [1.54, 1.807) is 0 Å². The van der Waals surface area contributed by atoms with Crippen LogP contribution in [-0.4, -0.2) is 34.3 Å². The summed E-state index contributed by atoms with van der Waals surface area (Å²) in [5.74, 6) is -1.83. The highest BCUT2D eigenvalue weighted by molar-refractivity contribution is 7.92. The van der Waals surface area contributed by atoms with E-state index in [4.69, 9.17) is 11.6 Å². The van der Waals surface area contributed by atoms with Gasteiger partial charge in [0.05, 0.1) is 27.9 Å². The monoisotopic (exact) mass is 530 g/mol. The second-order valence-corrected chi connectivity index (χ2v) is 10.6. The van der Waals surface area contributed by atoms with Crippen LogP contribution in [-0.2, 0) is 27.4 Å². The number of amides is 1. The fraction of sp³-hybridized carbons (Fsp3) is 0.318. The zero-order chi connectivity index (χ0) is 25.4. The standard InChI is InChI=1S/C22H19ClF4N4O3S/c23-20-13(12-31(30-20)15-6-9-19(28-11-15)22(25,26)27)10-29-21(32)17-2-1-3-18(17)35(33,34)16-7-4-14(24)5-8-16/h4-9,11-12,17-18H,1-3,10H2,(H,29,32)/t17-,18+/m1/s1. The van der Waals surface area contributed by atoms with Crippen LogP contribution in [0.5, 0.6) is 0 Å². The Balaban J connectivity index is 1.45. The molecule has 0 radical (unpaired) electrons. The Bertz CT molecular complexity index is 1330. The number of hydrogen-bond donors (Lipinski definition) is 1. The second-order valence-electron chi connectivity index (χ2n) is 8.08. The number of benzene rings is 1. The third-order valence-electron chi connectivity index (χ3n) is 5.82. The average molecular weight is 531 g/mol. The average Bonchev–Trinajstić information content (AvgIpc) is 3.45. The maximum Gasteiger partial charge on any atom is 0.433 e. The van der Waals surface area contributed by atoms with Crippen LogP contribution in [0.1, 0.15) is 30.5 Å². The summed E-state index contributed by atoms with van der Waals surface area (Å²) < 4.78 is 78.6. The maximum absolute atomic E-state index is 13.2. The van der Waals surface area contributed by atoms with Gasteiger partial charge in [0.15, 0.2) is 15.0 Å². The third kappa shape index (κ3) is 5.32. The van der Waals surface area contributed by atoms with Gasteiger partial charge in [-0.2, -0.15) is 18.3 Å². The van der Waals surface area contributed by atoms with Crippen molar-refractivity contribution < 1.29 is 30.8 Å². The minimum absolute atomic E-state index is 0.0205. The molecule has 1 N–H and O–H groups in total. The summed E-state index contributed by atoms with van der Waals surface area (Å²) in [6, 6.07) is 6.48. The van der Waals surface area contributed by atoms with E-state index in [0.29, 0.717) is 24.8 Å². The molecule has 1 amide bonds. The smallest absolute Gasteiger partial charge is 0.352 e. The van der Waals surface area contributed by atoms with Gasteiger partial charge < -0.3 is 5.32 Å². The van der Waals surface area contributed by atoms with Gasteiger partial charge in [-0.25, -0.2) is 22.5 Å². The molecule has 0 spiro atoms. The summed E-state index contributed by atoms with van der Waals surface area (Å²) >= 11 is 6.13. The number of alkyl halides is 3. The predicted octanol–water partition coefficient (Wildman–Crippen LogP) is 4.34. The Morgan fingerprint density at radius 3 is 2.49 bits per heavy atom. The number of nitrogens with one attached hydrogen (secondary N) is 1. The molecule has 1 aromatic carbocycles. The molecule has 3 aromatic rings. The van der Waals surface area contributed by atoms with Crippen molar-refractivity contribution in [3.63, 3.8) is 0 Å². The van der Waals surface area contributed by atoms with Crippen molar-refractivity contribution >= 4 is 27.3 Å². The first-order chi connectivity index (χ1) is 16.5. The Hall–Kier alpha value is -2.99. The Labute approximate surface area is 203 Å². The Morgan fingerprint density at radius 2 is 1.86 bits per heavy atom. The first kappa shape index (κ1) is 25.1. The van der Waals surface area contributed by atoms with Crippen molar-refractivity contribution in [3.8, 4) is 5.69 Å². The van der Waals surface area contributed by atoms with E-state index >= 15 is 0 Å². The lowest BCUT2D eigenvalue weighted by atomic mass is 10.1. The minimum atomic E-state index is -4.57. The summed E-state index contributed by atoms with van der Waals surface area (Å²) in [6.45, 7) is -0.0639. The first-order valence-corrected chi connectivity index (χ1v) is 12.4. The molecule has 1 saturated carbocycles. The highest BCUT2D eigenvalue weighted by atomic mass is 35.5. The minimum Gasteiger partial charge on any atom is -0.352 e. The number of nitrogens with zero attached hydrogens (tertiary/aromatic N) is 3. The van der Waals surface area contributed by atoms with E-state index in [0.717, 1.165) is 24.4 Å². The largest absolute Gasteiger partial charge is 0.433 e. The lowest BCUT2D eigenvalue weighted by molar-refractivity contribution is -0.141. The number of carbonyl (C=O) groups is 1.